The van der Waals surface area contributed by atoms with Crippen molar-refractivity contribution in [3.8, 4) is 5.75 Å². The van der Waals surface area contributed by atoms with Gasteiger partial charge in [-0.2, -0.15) is 0 Å². The van der Waals surface area contributed by atoms with Crippen molar-refractivity contribution in [2.24, 2.45) is 0 Å². The number of hydrogen-bond acceptors (Lipinski definition) is 2. The van der Waals surface area contributed by atoms with E-state index in [9.17, 15) is 0 Å². The molecule has 0 saturated heterocycles. The maximum atomic E-state index is 6.28. The van der Waals surface area contributed by atoms with Gasteiger partial charge in [-0.15, -0.1) is 6.58 Å². The van der Waals surface area contributed by atoms with Crippen LogP contribution in [0.1, 0.15) is 44.1 Å². The monoisotopic (exact) mass is 293 g/mol. The van der Waals surface area contributed by atoms with E-state index < -0.39 is 0 Å². The lowest BCUT2D eigenvalue weighted by molar-refractivity contribution is 0.302. The Labute approximate surface area is 127 Å². The lowest BCUT2D eigenvalue weighted by atomic mass is 10.2. The summed E-state index contributed by atoms with van der Waals surface area (Å²) in [5, 5.41) is 4.29. The average molecular weight is 294 g/mol. The second-order valence-corrected chi connectivity index (χ2v) is 5.77. The first kappa shape index (κ1) is 15.4. The minimum atomic E-state index is 0.679. The Morgan fingerprint density at radius 3 is 2.90 bits per heavy atom. The predicted molar refractivity (Wildman–Crippen MR) is 85.5 cm³/mol. The molecule has 1 aliphatic carbocycles. The van der Waals surface area contributed by atoms with E-state index in [-0.39, 0.29) is 0 Å². The Hall–Kier alpha value is -0.990. The summed E-state index contributed by atoms with van der Waals surface area (Å²) in [6.45, 7) is 5.29. The van der Waals surface area contributed by atoms with Crippen molar-refractivity contribution >= 4 is 11.6 Å². The van der Waals surface area contributed by atoms with Crippen LogP contribution in [0, 0.1) is 0 Å². The van der Waals surface area contributed by atoms with Crippen molar-refractivity contribution in [1.29, 1.82) is 0 Å². The van der Waals surface area contributed by atoms with Gasteiger partial charge < -0.3 is 10.1 Å². The molecule has 0 spiro atoms. The Balaban J connectivity index is 1.79. The summed E-state index contributed by atoms with van der Waals surface area (Å²) in [4.78, 5) is 0. The number of nitrogens with one attached hydrogen (secondary N) is 1. The van der Waals surface area contributed by atoms with Crippen molar-refractivity contribution in [2.45, 2.75) is 51.1 Å². The molecule has 1 fully saturated rings. The van der Waals surface area contributed by atoms with Crippen molar-refractivity contribution in [3.63, 3.8) is 0 Å². The zero-order valence-corrected chi connectivity index (χ0v) is 12.8. The molecule has 2 nitrogen and oxygen atoms in total. The van der Waals surface area contributed by atoms with Crippen LogP contribution in [-0.4, -0.2) is 12.6 Å². The standard InChI is InChI=1S/C17H24ClNO/c1-2-3-4-5-6-12-20-17-9-7-8-16(18)15(17)13-19-14-10-11-14/h2,7-9,14,19H,1,3-6,10-13H2. The highest BCUT2D eigenvalue weighted by Crippen LogP contribution is 2.28. The average Bonchev–Trinajstić information content (AvgIpc) is 3.26. The van der Waals surface area contributed by atoms with Crippen molar-refractivity contribution < 1.29 is 4.74 Å². The van der Waals surface area contributed by atoms with Gasteiger partial charge in [-0.25, -0.2) is 0 Å². The Morgan fingerprint density at radius 1 is 1.30 bits per heavy atom. The molecule has 3 heteroatoms. The molecule has 1 aromatic rings. The number of hydrogen-bond donors (Lipinski definition) is 1. The molecular weight excluding hydrogens is 270 g/mol. The minimum Gasteiger partial charge on any atom is -0.493 e. The van der Waals surface area contributed by atoms with Gasteiger partial charge in [0.25, 0.3) is 0 Å². The third-order valence-corrected chi connectivity index (χ3v) is 3.88. The fraction of sp³-hybridized carbons (Fsp3) is 0.529. The van der Waals surface area contributed by atoms with E-state index in [1.54, 1.807) is 0 Å². The Bertz CT molecular complexity index is 429. The molecule has 0 unspecified atom stereocenters. The summed E-state index contributed by atoms with van der Waals surface area (Å²) in [6.07, 6.45) is 9.08. The summed E-state index contributed by atoms with van der Waals surface area (Å²) in [5.74, 6) is 0.925. The van der Waals surface area contributed by atoms with Gasteiger partial charge in [0.05, 0.1) is 6.61 Å². The Kier molecular flexibility index (Phi) is 6.41. The van der Waals surface area contributed by atoms with Gasteiger partial charge in [-0.05, 0) is 50.7 Å². The minimum absolute atomic E-state index is 0.679. The van der Waals surface area contributed by atoms with Crippen molar-refractivity contribution in [1.82, 2.24) is 5.32 Å². The van der Waals surface area contributed by atoms with Crippen LogP contribution in [-0.2, 0) is 6.54 Å². The molecule has 1 saturated carbocycles. The van der Waals surface area contributed by atoms with E-state index in [4.69, 9.17) is 16.3 Å². The summed E-state index contributed by atoms with van der Waals surface area (Å²) in [7, 11) is 0. The Morgan fingerprint density at radius 2 is 2.15 bits per heavy atom. The number of allylic oxidation sites excluding steroid dienone is 1. The molecular formula is C17H24ClNO. The molecule has 1 aromatic carbocycles. The fourth-order valence-electron chi connectivity index (χ4n) is 2.13. The van der Waals surface area contributed by atoms with Crippen molar-refractivity contribution in [3.05, 3.63) is 41.4 Å². The van der Waals surface area contributed by atoms with Crippen molar-refractivity contribution in [2.75, 3.05) is 6.61 Å². The second-order valence-electron chi connectivity index (χ2n) is 5.36. The number of benzene rings is 1. The zero-order valence-electron chi connectivity index (χ0n) is 12.0. The molecule has 20 heavy (non-hydrogen) atoms. The van der Waals surface area contributed by atoms with E-state index in [0.717, 1.165) is 42.3 Å². The number of halogens is 1. The van der Waals surface area contributed by atoms with Gasteiger partial charge in [0, 0.05) is 23.2 Å². The molecule has 0 atom stereocenters. The lowest BCUT2D eigenvalue weighted by Crippen LogP contribution is -2.16. The first-order chi connectivity index (χ1) is 9.81. The van der Waals surface area contributed by atoms with Gasteiger partial charge in [0.1, 0.15) is 5.75 Å². The van der Waals surface area contributed by atoms with Crippen LogP contribution < -0.4 is 10.1 Å². The molecule has 110 valence electrons. The quantitative estimate of drug-likeness (QED) is 0.498. The summed E-state index contributed by atoms with van der Waals surface area (Å²) in [6, 6.07) is 6.58. The molecule has 2 rings (SSSR count). The fourth-order valence-corrected chi connectivity index (χ4v) is 2.36. The molecule has 0 amide bonds. The maximum Gasteiger partial charge on any atom is 0.125 e. The zero-order chi connectivity index (χ0) is 14.2. The molecule has 0 aliphatic heterocycles. The largest absolute Gasteiger partial charge is 0.493 e. The van der Waals surface area contributed by atoms with E-state index in [2.05, 4.69) is 11.9 Å². The molecule has 1 aliphatic rings. The molecule has 0 radical (unpaired) electrons. The van der Waals surface area contributed by atoms with Crippen LogP contribution in [0.5, 0.6) is 5.75 Å². The van der Waals surface area contributed by atoms with Crippen LogP contribution in [0.15, 0.2) is 30.9 Å². The number of ether oxygens (including phenoxy) is 1. The topological polar surface area (TPSA) is 21.3 Å². The summed E-state index contributed by atoms with van der Waals surface area (Å²) in [5.41, 5.74) is 1.09. The smallest absolute Gasteiger partial charge is 0.125 e. The van der Waals surface area contributed by atoms with Gasteiger partial charge in [0.15, 0.2) is 0 Å². The first-order valence-electron chi connectivity index (χ1n) is 7.55. The van der Waals surface area contributed by atoms with Crippen LogP contribution >= 0.6 is 11.6 Å². The normalized spacial score (nSPS) is 14.2. The summed E-state index contributed by atoms with van der Waals surface area (Å²) < 4.78 is 5.90. The van der Waals surface area contributed by atoms with Crippen LogP contribution in [0.25, 0.3) is 0 Å². The predicted octanol–water partition coefficient (Wildman–Crippen LogP) is 4.72. The molecule has 0 heterocycles. The van der Waals surface area contributed by atoms with Crippen LogP contribution in [0.3, 0.4) is 0 Å². The lowest BCUT2D eigenvalue weighted by Gasteiger charge is -2.13. The van der Waals surface area contributed by atoms with Gasteiger partial charge in [0.2, 0.25) is 0 Å². The highest BCUT2D eigenvalue weighted by molar-refractivity contribution is 6.31. The third kappa shape index (κ3) is 5.18. The van der Waals surface area contributed by atoms with E-state index in [1.807, 2.05) is 24.3 Å². The first-order valence-corrected chi connectivity index (χ1v) is 7.93. The molecule has 0 aromatic heterocycles. The summed E-state index contributed by atoms with van der Waals surface area (Å²) >= 11 is 6.28. The van der Waals surface area contributed by atoms with Gasteiger partial charge >= 0.3 is 0 Å². The number of rotatable bonds is 10. The van der Waals surface area contributed by atoms with E-state index >= 15 is 0 Å². The highest BCUT2D eigenvalue weighted by atomic mass is 35.5. The van der Waals surface area contributed by atoms with E-state index in [0.29, 0.717) is 6.04 Å². The highest BCUT2D eigenvalue weighted by Gasteiger charge is 2.21. The van der Waals surface area contributed by atoms with Crippen LogP contribution in [0.2, 0.25) is 5.02 Å². The second kappa shape index (κ2) is 8.33. The van der Waals surface area contributed by atoms with E-state index in [1.165, 1.54) is 25.7 Å². The van der Waals surface area contributed by atoms with Gasteiger partial charge in [-0.1, -0.05) is 23.7 Å². The van der Waals surface area contributed by atoms with Gasteiger partial charge in [-0.3, -0.25) is 0 Å². The molecule has 0 bridgehead atoms. The molecule has 1 N–H and O–H groups in total. The maximum absolute atomic E-state index is 6.28. The third-order valence-electron chi connectivity index (χ3n) is 3.53. The SMILES string of the molecule is C=CCCCCCOc1cccc(Cl)c1CNC1CC1. The number of unbranched alkanes of at least 4 members (excludes halogenated alkanes) is 3. The van der Waals surface area contributed by atoms with Crippen LogP contribution in [0.4, 0.5) is 0 Å².